The molecule has 0 unspecified atom stereocenters. The van der Waals surface area contributed by atoms with Crippen molar-refractivity contribution in [3.05, 3.63) is 10.6 Å². The van der Waals surface area contributed by atoms with E-state index in [1.54, 1.807) is 0 Å². The monoisotopic (exact) mass is 219 g/mol. The smallest absolute Gasteiger partial charge is 0.0434 e. The molecular weight excluding hydrogens is 205 g/mol. The van der Waals surface area contributed by atoms with Gasteiger partial charge >= 0.3 is 0 Å². The Morgan fingerprint density at radius 2 is 2.15 bits per heavy atom. The van der Waals surface area contributed by atoms with E-state index in [1.165, 1.54) is 44.3 Å². The van der Waals surface area contributed by atoms with E-state index >= 15 is 0 Å². The van der Waals surface area contributed by atoms with Crippen LogP contribution in [0.4, 0.5) is 0 Å². The van der Waals surface area contributed by atoms with E-state index in [0.29, 0.717) is 5.41 Å². The highest BCUT2D eigenvalue weighted by Crippen LogP contribution is 2.47. The van der Waals surface area contributed by atoms with Crippen molar-refractivity contribution in [1.29, 1.82) is 0 Å². The first-order valence-electron chi connectivity index (χ1n) is 4.91. The van der Waals surface area contributed by atoms with Crippen LogP contribution in [0, 0.1) is 5.41 Å². The minimum Gasteiger partial charge on any atom is -0.298 e. The summed E-state index contributed by atoms with van der Waals surface area (Å²) in [6.07, 6.45) is 5.63. The second-order valence-corrected chi connectivity index (χ2v) is 5.07. The first kappa shape index (κ1) is 9.82. The molecule has 74 valence electrons. The average molecular weight is 220 g/mol. The molecule has 2 fully saturated rings. The van der Waals surface area contributed by atoms with Crippen molar-refractivity contribution < 1.29 is 0 Å². The summed E-state index contributed by atoms with van der Waals surface area (Å²) < 4.78 is 0. The summed E-state index contributed by atoms with van der Waals surface area (Å²) in [6.45, 7) is 3.27. The van der Waals surface area contributed by atoms with Crippen molar-refractivity contribution >= 4 is 23.2 Å². The number of hydrogen-bond donors (Lipinski definition) is 0. The number of halogens is 2. The zero-order valence-corrected chi connectivity index (χ0v) is 9.24. The van der Waals surface area contributed by atoms with Crippen molar-refractivity contribution in [3.8, 4) is 0 Å². The lowest BCUT2D eigenvalue weighted by molar-refractivity contribution is 0.142. The van der Waals surface area contributed by atoms with Crippen LogP contribution in [-0.2, 0) is 0 Å². The maximum atomic E-state index is 5.89. The minimum absolute atomic E-state index is 0.670. The van der Waals surface area contributed by atoms with Crippen LogP contribution in [0.2, 0.25) is 0 Å². The molecule has 0 aromatic heterocycles. The van der Waals surface area contributed by atoms with Gasteiger partial charge in [-0.15, -0.1) is 0 Å². The second-order valence-electron chi connectivity index (χ2n) is 4.37. The van der Waals surface area contributed by atoms with Gasteiger partial charge in [0.2, 0.25) is 0 Å². The van der Waals surface area contributed by atoms with Crippen molar-refractivity contribution in [2.24, 2.45) is 5.41 Å². The molecule has 1 aliphatic heterocycles. The Morgan fingerprint density at radius 1 is 1.38 bits per heavy atom. The zero-order chi connectivity index (χ0) is 9.31. The number of hydrogen-bond acceptors (Lipinski definition) is 1. The van der Waals surface area contributed by atoms with Gasteiger partial charge in [-0.05, 0) is 31.2 Å². The number of rotatable bonds is 2. The summed E-state index contributed by atoms with van der Waals surface area (Å²) in [5.74, 6) is 0. The minimum atomic E-state index is 0.670. The van der Waals surface area contributed by atoms with Crippen LogP contribution in [0.25, 0.3) is 0 Å². The summed E-state index contributed by atoms with van der Waals surface area (Å²) in [6, 6.07) is 0. The molecule has 1 saturated heterocycles. The van der Waals surface area contributed by atoms with Gasteiger partial charge in [0.05, 0.1) is 0 Å². The quantitative estimate of drug-likeness (QED) is 0.690. The molecule has 3 heteroatoms. The molecule has 2 aliphatic rings. The summed E-state index contributed by atoms with van der Waals surface area (Å²) in [5.41, 5.74) is 2.15. The van der Waals surface area contributed by atoms with Gasteiger partial charge < -0.3 is 0 Å². The van der Waals surface area contributed by atoms with E-state index in [9.17, 15) is 0 Å². The Kier molecular flexibility index (Phi) is 2.87. The summed E-state index contributed by atoms with van der Waals surface area (Å²) in [4.78, 5) is 2.42. The first-order chi connectivity index (χ1) is 6.24. The normalized spacial score (nSPS) is 28.0. The van der Waals surface area contributed by atoms with Crippen LogP contribution in [0.5, 0.6) is 0 Å². The van der Waals surface area contributed by atoms with Gasteiger partial charge in [-0.1, -0.05) is 29.6 Å². The van der Waals surface area contributed by atoms with Crippen LogP contribution >= 0.6 is 23.2 Å². The van der Waals surface area contributed by atoms with Crippen LogP contribution in [-0.4, -0.2) is 24.5 Å². The average Bonchev–Trinajstić information content (AvgIpc) is 2.48. The molecule has 0 aromatic rings. The van der Waals surface area contributed by atoms with E-state index in [1.807, 2.05) is 0 Å². The third kappa shape index (κ3) is 2.03. The van der Waals surface area contributed by atoms with E-state index in [-0.39, 0.29) is 0 Å². The van der Waals surface area contributed by atoms with Gasteiger partial charge in [-0.3, -0.25) is 4.90 Å². The summed E-state index contributed by atoms with van der Waals surface area (Å²) in [5, 5.41) is 0.762. The predicted molar refractivity (Wildman–Crippen MR) is 57.1 cm³/mol. The van der Waals surface area contributed by atoms with E-state index in [4.69, 9.17) is 23.2 Å². The van der Waals surface area contributed by atoms with Crippen molar-refractivity contribution in [2.75, 3.05) is 19.6 Å². The molecule has 0 atom stereocenters. The molecule has 2 rings (SSSR count). The van der Waals surface area contributed by atoms with Crippen LogP contribution in [0.1, 0.15) is 25.7 Å². The molecule has 1 aliphatic carbocycles. The molecule has 1 nitrogen and oxygen atoms in total. The third-order valence-corrected chi connectivity index (χ3v) is 4.03. The molecule has 0 N–H and O–H groups in total. The molecular formula is C10H15Cl2N. The fourth-order valence-corrected chi connectivity index (χ4v) is 2.73. The lowest BCUT2D eigenvalue weighted by Gasteiger charge is -2.38. The van der Waals surface area contributed by atoms with Gasteiger partial charge in [0, 0.05) is 23.7 Å². The number of likely N-dealkylation sites (tertiary alicyclic amines) is 1. The van der Waals surface area contributed by atoms with Crippen LogP contribution < -0.4 is 0 Å². The number of nitrogens with zero attached hydrogens (tertiary/aromatic N) is 1. The molecule has 1 heterocycles. The molecule has 1 spiro atoms. The highest BCUT2D eigenvalue weighted by atomic mass is 35.5. The molecule has 13 heavy (non-hydrogen) atoms. The predicted octanol–water partition coefficient (Wildman–Crippen LogP) is 3.18. The Balaban J connectivity index is 1.84. The lowest BCUT2D eigenvalue weighted by atomic mass is 9.68. The van der Waals surface area contributed by atoms with Gasteiger partial charge in [0.1, 0.15) is 0 Å². The summed E-state index contributed by atoms with van der Waals surface area (Å²) in [7, 11) is 0. The van der Waals surface area contributed by atoms with E-state index < -0.39 is 0 Å². The van der Waals surface area contributed by atoms with Gasteiger partial charge in [0.15, 0.2) is 0 Å². The van der Waals surface area contributed by atoms with Gasteiger partial charge in [-0.25, -0.2) is 0 Å². The molecule has 0 amide bonds. The van der Waals surface area contributed by atoms with E-state index in [0.717, 1.165) is 11.6 Å². The first-order valence-corrected chi connectivity index (χ1v) is 5.73. The second kappa shape index (κ2) is 3.80. The highest BCUT2D eigenvalue weighted by Gasteiger charge is 2.42. The third-order valence-electron chi connectivity index (χ3n) is 3.42. The zero-order valence-electron chi connectivity index (χ0n) is 7.73. The van der Waals surface area contributed by atoms with Crippen molar-refractivity contribution in [1.82, 2.24) is 4.90 Å². The van der Waals surface area contributed by atoms with Crippen molar-refractivity contribution in [2.45, 2.75) is 25.7 Å². The molecule has 0 bridgehead atoms. The molecule has 0 radical (unpaired) electrons. The Hall–Kier alpha value is 0.280. The van der Waals surface area contributed by atoms with Crippen LogP contribution in [0.15, 0.2) is 10.6 Å². The fraction of sp³-hybridized carbons (Fsp3) is 0.800. The largest absolute Gasteiger partial charge is 0.298 e. The topological polar surface area (TPSA) is 3.24 Å². The Bertz CT molecular complexity index is 221. The maximum absolute atomic E-state index is 5.89. The maximum Gasteiger partial charge on any atom is 0.0434 e. The summed E-state index contributed by atoms with van der Waals surface area (Å²) >= 11 is 11.4. The fourth-order valence-electron chi connectivity index (χ4n) is 2.50. The van der Waals surface area contributed by atoms with Crippen molar-refractivity contribution in [3.63, 3.8) is 0 Å². The van der Waals surface area contributed by atoms with Gasteiger partial charge in [-0.2, -0.15) is 0 Å². The van der Waals surface area contributed by atoms with Crippen LogP contribution in [0.3, 0.4) is 0 Å². The lowest BCUT2D eigenvalue weighted by Crippen LogP contribution is -2.33. The highest BCUT2D eigenvalue weighted by molar-refractivity contribution is 6.36. The van der Waals surface area contributed by atoms with Gasteiger partial charge in [0.25, 0.3) is 0 Å². The standard InChI is InChI=1S/C10H15Cl2N/c11-6-9(12)7-13-5-4-10(8-13)2-1-3-10/h6H,1-5,7-8H2/b9-6+. The molecule has 1 saturated carbocycles. The Labute approximate surface area is 89.7 Å². The Morgan fingerprint density at radius 3 is 2.62 bits per heavy atom. The molecule has 0 aromatic carbocycles. The van der Waals surface area contributed by atoms with E-state index in [2.05, 4.69) is 4.90 Å². The SMILES string of the molecule is Cl/C=C(/Cl)CN1CCC2(CCC2)C1.